The standard InChI is InChI=1S/C21H32N6O4S/c1-4-18-20(17-9-5-6-10-19(17)31-18)27(21(22)28)32(29,30)26(16-12-23-25(3)14-16)15-8-7-11-24(2)13-15/h12,14-15H,4-11,13H2,1-3H3,(H2,22,28). The Balaban J connectivity index is 1.86. The van der Waals surface area contributed by atoms with Gasteiger partial charge >= 0.3 is 16.2 Å². The molecule has 1 saturated heterocycles. The van der Waals surface area contributed by atoms with Crippen LogP contribution in [0.3, 0.4) is 0 Å². The van der Waals surface area contributed by atoms with E-state index in [1.807, 2.05) is 14.0 Å². The number of carbonyl (C=O) groups excluding carboxylic acids is 1. The lowest BCUT2D eigenvalue weighted by Gasteiger charge is -2.39. The number of rotatable bonds is 6. The van der Waals surface area contributed by atoms with Gasteiger partial charge in [0.15, 0.2) is 0 Å². The number of anilines is 2. The van der Waals surface area contributed by atoms with E-state index < -0.39 is 16.2 Å². The number of nitrogens with zero attached hydrogens (tertiary/aromatic N) is 5. The van der Waals surface area contributed by atoms with Crippen molar-refractivity contribution in [2.45, 2.75) is 57.9 Å². The summed E-state index contributed by atoms with van der Waals surface area (Å²) in [5, 5.41) is 4.18. The van der Waals surface area contributed by atoms with Crippen LogP contribution in [0.1, 0.15) is 49.7 Å². The quantitative estimate of drug-likeness (QED) is 0.700. The molecule has 0 radical (unpaired) electrons. The number of primary amides is 1. The number of amides is 2. The Morgan fingerprint density at radius 3 is 2.66 bits per heavy atom. The fourth-order valence-electron chi connectivity index (χ4n) is 4.89. The van der Waals surface area contributed by atoms with Crippen LogP contribution in [-0.4, -0.2) is 55.3 Å². The van der Waals surface area contributed by atoms with Gasteiger partial charge < -0.3 is 15.1 Å². The molecule has 0 aromatic carbocycles. The maximum absolute atomic E-state index is 14.2. The predicted molar refractivity (Wildman–Crippen MR) is 122 cm³/mol. The maximum Gasteiger partial charge on any atom is 0.335 e. The number of carbonyl (C=O) groups is 1. The van der Waals surface area contributed by atoms with E-state index in [4.69, 9.17) is 10.2 Å². The van der Waals surface area contributed by atoms with E-state index in [0.29, 0.717) is 42.9 Å². The monoisotopic (exact) mass is 464 g/mol. The highest BCUT2D eigenvalue weighted by atomic mass is 32.2. The van der Waals surface area contributed by atoms with E-state index in [-0.39, 0.29) is 6.04 Å². The van der Waals surface area contributed by atoms with Crippen molar-refractivity contribution < 1.29 is 17.6 Å². The Hall–Kier alpha value is -2.53. The van der Waals surface area contributed by atoms with Crippen LogP contribution in [-0.2, 0) is 36.5 Å². The molecule has 0 saturated carbocycles. The number of furan rings is 1. The van der Waals surface area contributed by atoms with E-state index in [1.165, 1.54) is 10.5 Å². The lowest BCUT2D eigenvalue weighted by Crippen LogP contribution is -2.56. The van der Waals surface area contributed by atoms with Crippen molar-refractivity contribution in [1.29, 1.82) is 0 Å². The average Bonchev–Trinajstić information content (AvgIpc) is 3.31. The molecule has 1 aliphatic heterocycles. The highest BCUT2D eigenvalue weighted by Gasteiger charge is 2.43. The summed E-state index contributed by atoms with van der Waals surface area (Å²) in [6.45, 7) is 3.32. The summed E-state index contributed by atoms with van der Waals surface area (Å²) in [5.74, 6) is 1.24. The van der Waals surface area contributed by atoms with Gasteiger partial charge in [0.2, 0.25) is 0 Å². The molecule has 0 spiro atoms. The second kappa shape index (κ2) is 8.78. The molecule has 11 heteroatoms. The molecule has 1 unspecified atom stereocenters. The molecule has 1 aliphatic carbocycles. The zero-order chi connectivity index (χ0) is 23.0. The molecule has 2 N–H and O–H groups in total. The zero-order valence-corrected chi connectivity index (χ0v) is 19.8. The molecule has 0 bridgehead atoms. The first-order valence-electron chi connectivity index (χ1n) is 11.2. The molecule has 4 rings (SSSR count). The first-order chi connectivity index (χ1) is 15.2. The molecule has 2 aromatic heterocycles. The minimum atomic E-state index is -4.36. The van der Waals surface area contributed by atoms with Crippen LogP contribution in [0.5, 0.6) is 0 Å². The number of hydrogen-bond acceptors (Lipinski definition) is 6. The fourth-order valence-corrected chi connectivity index (χ4v) is 6.65. The van der Waals surface area contributed by atoms with Crippen LogP contribution in [0, 0.1) is 0 Å². The molecule has 2 amide bonds. The molecular weight excluding hydrogens is 432 g/mol. The summed E-state index contributed by atoms with van der Waals surface area (Å²) in [4.78, 5) is 14.9. The Kier molecular flexibility index (Phi) is 6.22. The van der Waals surface area contributed by atoms with Gasteiger partial charge in [-0.05, 0) is 45.7 Å². The molecular formula is C21H32N6O4S. The number of aromatic nitrogens is 2. The summed E-state index contributed by atoms with van der Waals surface area (Å²) >= 11 is 0. The smallest absolute Gasteiger partial charge is 0.335 e. The highest BCUT2D eigenvalue weighted by molar-refractivity contribution is 7.95. The third-order valence-corrected chi connectivity index (χ3v) is 8.12. The van der Waals surface area contributed by atoms with Crippen molar-refractivity contribution in [3.05, 3.63) is 29.5 Å². The predicted octanol–water partition coefficient (Wildman–Crippen LogP) is 2.18. The largest absolute Gasteiger partial charge is 0.464 e. The van der Waals surface area contributed by atoms with Gasteiger partial charge in [0, 0.05) is 38.2 Å². The van der Waals surface area contributed by atoms with Crippen molar-refractivity contribution in [3.8, 4) is 0 Å². The molecule has 10 nitrogen and oxygen atoms in total. The van der Waals surface area contributed by atoms with Gasteiger partial charge in [-0.25, -0.2) is 9.10 Å². The second-order valence-corrected chi connectivity index (χ2v) is 10.3. The average molecular weight is 465 g/mol. The normalized spacial score (nSPS) is 19.5. The van der Waals surface area contributed by atoms with Crippen LogP contribution in [0.4, 0.5) is 16.2 Å². The molecule has 1 atom stereocenters. The number of piperidine rings is 1. The van der Waals surface area contributed by atoms with Crippen LogP contribution < -0.4 is 14.3 Å². The highest BCUT2D eigenvalue weighted by Crippen LogP contribution is 2.40. The topological polar surface area (TPSA) is 118 Å². The van der Waals surface area contributed by atoms with E-state index in [0.717, 1.165) is 47.9 Å². The van der Waals surface area contributed by atoms with Crippen molar-refractivity contribution in [2.75, 3.05) is 28.7 Å². The van der Waals surface area contributed by atoms with E-state index in [2.05, 4.69) is 10.00 Å². The van der Waals surface area contributed by atoms with Gasteiger partial charge in [-0.1, -0.05) is 6.92 Å². The Morgan fingerprint density at radius 1 is 1.28 bits per heavy atom. The van der Waals surface area contributed by atoms with Gasteiger partial charge in [-0.15, -0.1) is 0 Å². The number of likely N-dealkylation sites (N-methyl/N-ethyl adjacent to an activating group) is 1. The van der Waals surface area contributed by atoms with E-state index in [1.54, 1.807) is 17.9 Å². The summed E-state index contributed by atoms with van der Waals surface area (Å²) in [6.07, 6.45) is 8.42. The van der Waals surface area contributed by atoms with Gasteiger partial charge in [0.05, 0.1) is 17.9 Å². The van der Waals surface area contributed by atoms with E-state index >= 15 is 0 Å². The van der Waals surface area contributed by atoms with Gasteiger partial charge in [-0.2, -0.15) is 17.8 Å². The van der Waals surface area contributed by atoms with Gasteiger partial charge in [-0.3, -0.25) is 4.68 Å². The van der Waals surface area contributed by atoms with Crippen molar-refractivity contribution in [1.82, 2.24) is 14.7 Å². The van der Waals surface area contributed by atoms with Crippen LogP contribution in [0.15, 0.2) is 16.8 Å². The number of urea groups is 1. The Labute approximate surface area is 189 Å². The minimum absolute atomic E-state index is 0.299. The number of aryl methyl sites for hydroxylation is 3. The summed E-state index contributed by atoms with van der Waals surface area (Å²) < 4.78 is 38.0. The summed E-state index contributed by atoms with van der Waals surface area (Å²) in [7, 11) is -0.665. The Bertz CT molecular complexity index is 1090. The maximum atomic E-state index is 14.2. The number of hydrogen-bond donors (Lipinski definition) is 1. The third-order valence-electron chi connectivity index (χ3n) is 6.29. The first kappa shape index (κ1) is 22.7. The first-order valence-corrected chi connectivity index (χ1v) is 12.6. The van der Waals surface area contributed by atoms with Crippen LogP contribution >= 0.6 is 0 Å². The third kappa shape index (κ3) is 3.99. The second-order valence-electron chi connectivity index (χ2n) is 8.67. The fraction of sp³-hybridized carbons (Fsp3) is 0.619. The van der Waals surface area contributed by atoms with Crippen LogP contribution in [0.25, 0.3) is 0 Å². The van der Waals surface area contributed by atoms with Crippen molar-refractivity contribution >= 4 is 27.6 Å². The SMILES string of the molecule is CCc1oc2c(c1N(C(N)=O)S(=O)(=O)N(c1cnn(C)c1)C1CCCN(C)C1)CCCC2. The number of fused-ring (bicyclic) bond motifs is 1. The number of nitrogens with two attached hydrogens (primary N) is 1. The molecule has 1 fully saturated rings. The lowest BCUT2D eigenvalue weighted by atomic mass is 9.97. The summed E-state index contributed by atoms with van der Waals surface area (Å²) in [5.41, 5.74) is 7.25. The molecule has 2 aliphatic rings. The summed E-state index contributed by atoms with van der Waals surface area (Å²) in [6, 6.07) is -1.38. The lowest BCUT2D eigenvalue weighted by molar-refractivity contribution is 0.252. The van der Waals surface area contributed by atoms with Crippen LogP contribution in [0.2, 0.25) is 0 Å². The molecule has 3 heterocycles. The Morgan fingerprint density at radius 2 is 2.03 bits per heavy atom. The van der Waals surface area contributed by atoms with E-state index in [9.17, 15) is 13.2 Å². The molecule has 32 heavy (non-hydrogen) atoms. The molecule has 2 aromatic rings. The van der Waals surface area contributed by atoms with Crippen molar-refractivity contribution in [3.63, 3.8) is 0 Å². The van der Waals surface area contributed by atoms with Crippen molar-refractivity contribution in [2.24, 2.45) is 12.8 Å². The van der Waals surface area contributed by atoms with Gasteiger partial charge in [0.1, 0.15) is 17.2 Å². The minimum Gasteiger partial charge on any atom is -0.464 e. The number of likely N-dealkylation sites (tertiary alicyclic amines) is 1. The zero-order valence-electron chi connectivity index (χ0n) is 19.0. The molecule has 176 valence electrons. The van der Waals surface area contributed by atoms with Gasteiger partial charge in [0.25, 0.3) is 0 Å².